The Kier molecular flexibility index (Phi) is 6.71. The number of thioether (sulfide) groups is 1. The molecule has 0 unspecified atom stereocenters. The Labute approximate surface area is 173 Å². The number of rotatable bonds is 6. The largest absolute Gasteiger partial charge is 0.304 e. The lowest BCUT2D eigenvalue weighted by Crippen LogP contribution is -2.47. The second kappa shape index (κ2) is 8.87. The zero-order valence-electron chi connectivity index (χ0n) is 16.0. The van der Waals surface area contributed by atoms with E-state index in [-0.39, 0.29) is 4.90 Å². The molecule has 8 nitrogen and oxygen atoms in total. The summed E-state index contributed by atoms with van der Waals surface area (Å²) in [5.74, 6) is 0.477. The molecule has 1 fully saturated rings. The Balaban J connectivity index is 1.81. The van der Waals surface area contributed by atoms with Crippen molar-refractivity contribution in [3.05, 3.63) is 29.3 Å². The Morgan fingerprint density at radius 1 is 1.25 bits per heavy atom. The molecule has 1 amide bonds. The van der Waals surface area contributed by atoms with Crippen LogP contribution in [0.2, 0.25) is 0 Å². The third-order valence-corrected chi connectivity index (χ3v) is 8.20. The van der Waals surface area contributed by atoms with E-state index in [2.05, 4.69) is 20.4 Å². The van der Waals surface area contributed by atoms with Gasteiger partial charge in [0, 0.05) is 31.7 Å². The van der Waals surface area contributed by atoms with Crippen molar-refractivity contribution in [3.63, 3.8) is 0 Å². The molecule has 11 heteroatoms. The molecule has 28 heavy (non-hydrogen) atoms. The molecule has 152 valence electrons. The summed E-state index contributed by atoms with van der Waals surface area (Å²) in [5.41, 5.74) is 1.01. The van der Waals surface area contributed by atoms with E-state index in [1.54, 1.807) is 30.8 Å². The second-order valence-electron chi connectivity index (χ2n) is 6.44. The molecule has 1 saturated heterocycles. The Hall–Kier alpha value is -1.53. The van der Waals surface area contributed by atoms with E-state index in [0.717, 1.165) is 10.1 Å². The SMILES string of the molecule is CCSc1nnc(NC(=O)c2cc(S(=O)(=O)N3CCN(C)CC3)ccc2C)s1. The lowest BCUT2D eigenvalue weighted by molar-refractivity contribution is 0.102. The number of aromatic nitrogens is 2. The summed E-state index contributed by atoms with van der Waals surface area (Å²) < 4.78 is 28.2. The first kappa shape index (κ1) is 21.2. The molecule has 0 aliphatic carbocycles. The van der Waals surface area contributed by atoms with Crippen LogP contribution in [0.3, 0.4) is 0 Å². The van der Waals surface area contributed by atoms with Crippen LogP contribution in [-0.4, -0.2) is 72.7 Å². The topological polar surface area (TPSA) is 95.5 Å². The molecule has 1 aromatic heterocycles. The standard InChI is InChI=1S/C17H23N5O3S3/c1-4-26-17-20-19-16(27-17)18-15(23)14-11-13(6-5-12(14)2)28(24,25)22-9-7-21(3)8-10-22/h5-6,11H,4,7-10H2,1-3H3,(H,18,19,23). The highest BCUT2D eigenvalue weighted by Gasteiger charge is 2.28. The van der Waals surface area contributed by atoms with Crippen molar-refractivity contribution in [1.82, 2.24) is 19.4 Å². The van der Waals surface area contributed by atoms with E-state index >= 15 is 0 Å². The molecule has 3 rings (SSSR count). The molecule has 0 bridgehead atoms. The van der Waals surface area contributed by atoms with E-state index in [4.69, 9.17) is 0 Å². The fraction of sp³-hybridized carbons (Fsp3) is 0.471. The molecule has 0 atom stereocenters. The van der Waals surface area contributed by atoms with Crippen LogP contribution >= 0.6 is 23.1 Å². The molecule has 1 aliphatic heterocycles. The highest BCUT2D eigenvalue weighted by Crippen LogP contribution is 2.26. The van der Waals surface area contributed by atoms with Crippen molar-refractivity contribution in [1.29, 1.82) is 0 Å². The van der Waals surface area contributed by atoms with Crippen molar-refractivity contribution < 1.29 is 13.2 Å². The van der Waals surface area contributed by atoms with Crippen molar-refractivity contribution >= 4 is 44.2 Å². The first-order valence-electron chi connectivity index (χ1n) is 8.88. The minimum absolute atomic E-state index is 0.132. The third-order valence-electron chi connectivity index (χ3n) is 4.45. The van der Waals surface area contributed by atoms with Gasteiger partial charge < -0.3 is 4.90 Å². The highest BCUT2D eigenvalue weighted by atomic mass is 32.2. The number of hydrogen-bond acceptors (Lipinski definition) is 8. The number of hydrogen-bond donors (Lipinski definition) is 1. The van der Waals surface area contributed by atoms with Crippen molar-refractivity contribution in [2.45, 2.75) is 23.1 Å². The minimum Gasteiger partial charge on any atom is -0.304 e. The molecule has 0 saturated carbocycles. The number of nitrogens with zero attached hydrogens (tertiary/aromatic N) is 4. The van der Waals surface area contributed by atoms with E-state index in [0.29, 0.717) is 42.4 Å². The maximum atomic E-state index is 13.0. The fourth-order valence-corrected chi connectivity index (χ4v) is 5.88. The summed E-state index contributed by atoms with van der Waals surface area (Å²) in [7, 11) is -1.67. The molecule has 1 N–H and O–H groups in total. The summed E-state index contributed by atoms with van der Waals surface area (Å²) in [6.45, 7) is 6.05. The van der Waals surface area contributed by atoms with Gasteiger partial charge in [0.2, 0.25) is 15.2 Å². The van der Waals surface area contributed by atoms with Crippen molar-refractivity contribution in [2.75, 3.05) is 44.3 Å². The van der Waals surface area contributed by atoms with Crippen molar-refractivity contribution in [3.8, 4) is 0 Å². The van der Waals surface area contributed by atoms with E-state index in [9.17, 15) is 13.2 Å². The lowest BCUT2D eigenvalue weighted by atomic mass is 10.1. The quantitative estimate of drug-likeness (QED) is 0.542. The Bertz CT molecular complexity index is 953. The number of amides is 1. The predicted molar refractivity (Wildman–Crippen MR) is 112 cm³/mol. The second-order valence-corrected chi connectivity index (χ2v) is 10.9. The van der Waals surface area contributed by atoms with Gasteiger partial charge >= 0.3 is 0 Å². The van der Waals surface area contributed by atoms with Crippen LogP contribution in [-0.2, 0) is 10.0 Å². The number of likely N-dealkylation sites (N-methyl/N-ethyl adjacent to an activating group) is 1. The van der Waals surface area contributed by atoms with Crippen LogP contribution in [0.25, 0.3) is 0 Å². The first-order chi connectivity index (χ1) is 13.3. The maximum absolute atomic E-state index is 13.0. The molecule has 1 aromatic carbocycles. The average molecular weight is 442 g/mol. The zero-order chi connectivity index (χ0) is 20.3. The van der Waals surface area contributed by atoms with Crippen LogP contribution in [0.5, 0.6) is 0 Å². The van der Waals surface area contributed by atoms with Gasteiger partial charge in [-0.15, -0.1) is 10.2 Å². The van der Waals surface area contributed by atoms with Gasteiger partial charge in [-0.3, -0.25) is 10.1 Å². The summed E-state index contributed by atoms with van der Waals surface area (Å²) in [6.07, 6.45) is 0. The van der Waals surface area contributed by atoms with Crippen LogP contribution in [0.15, 0.2) is 27.4 Å². The summed E-state index contributed by atoms with van der Waals surface area (Å²) in [5, 5.41) is 11.1. The zero-order valence-corrected chi connectivity index (χ0v) is 18.5. The molecule has 0 radical (unpaired) electrons. The molecule has 1 aliphatic rings. The van der Waals surface area contributed by atoms with Crippen LogP contribution in [0.4, 0.5) is 5.13 Å². The van der Waals surface area contributed by atoms with Crippen LogP contribution in [0.1, 0.15) is 22.8 Å². The lowest BCUT2D eigenvalue weighted by Gasteiger charge is -2.31. The van der Waals surface area contributed by atoms with Gasteiger partial charge in [-0.25, -0.2) is 8.42 Å². The Morgan fingerprint density at radius 2 is 1.96 bits per heavy atom. The number of sulfonamides is 1. The highest BCUT2D eigenvalue weighted by molar-refractivity contribution is 8.01. The van der Waals surface area contributed by atoms with Gasteiger partial charge in [0.15, 0.2) is 4.34 Å². The van der Waals surface area contributed by atoms with Gasteiger partial charge in [-0.1, -0.05) is 36.1 Å². The third kappa shape index (κ3) is 4.71. The van der Waals surface area contributed by atoms with Gasteiger partial charge in [0.05, 0.1) is 4.90 Å². The van der Waals surface area contributed by atoms with Crippen LogP contribution < -0.4 is 5.32 Å². The molecule has 2 heterocycles. The number of carbonyl (C=O) groups excluding carboxylic acids is 1. The number of anilines is 1. The average Bonchev–Trinajstić information content (AvgIpc) is 3.09. The number of benzene rings is 1. The van der Waals surface area contributed by atoms with Crippen molar-refractivity contribution in [2.24, 2.45) is 0 Å². The predicted octanol–water partition coefficient (Wildman–Crippen LogP) is 2.15. The van der Waals surface area contributed by atoms with E-state index < -0.39 is 15.9 Å². The van der Waals surface area contributed by atoms with Gasteiger partial charge in [0.1, 0.15) is 0 Å². The monoisotopic (exact) mass is 441 g/mol. The van der Waals surface area contributed by atoms with Gasteiger partial charge in [-0.05, 0) is 37.4 Å². The summed E-state index contributed by atoms with van der Waals surface area (Å²) >= 11 is 2.85. The molecular formula is C17H23N5O3S3. The van der Waals surface area contributed by atoms with E-state index in [1.165, 1.54) is 21.7 Å². The number of carbonyl (C=O) groups is 1. The Morgan fingerprint density at radius 3 is 2.64 bits per heavy atom. The molecular weight excluding hydrogens is 418 g/mol. The number of aryl methyl sites for hydroxylation is 1. The number of piperazine rings is 1. The van der Waals surface area contributed by atoms with E-state index in [1.807, 2.05) is 14.0 Å². The van der Waals surface area contributed by atoms with Gasteiger partial charge in [0.25, 0.3) is 5.91 Å². The summed E-state index contributed by atoms with van der Waals surface area (Å²) in [6, 6.07) is 4.66. The molecule has 0 spiro atoms. The normalized spacial score (nSPS) is 16.2. The smallest absolute Gasteiger partial charge is 0.257 e. The molecule has 2 aromatic rings. The first-order valence-corrected chi connectivity index (χ1v) is 12.1. The number of nitrogens with one attached hydrogen (secondary N) is 1. The summed E-state index contributed by atoms with van der Waals surface area (Å²) in [4.78, 5) is 14.9. The minimum atomic E-state index is -3.64. The fourth-order valence-electron chi connectivity index (χ4n) is 2.79. The van der Waals surface area contributed by atoms with Crippen LogP contribution in [0, 0.1) is 6.92 Å². The van der Waals surface area contributed by atoms with Gasteiger partial charge in [-0.2, -0.15) is 4.31 Å². The maximum Gasteiger partial charge on any atom is 0.257 e.